The topological polar surface area (TPSA) is 105 Å². The summed E-state index contributed by atoms with van der Waals surface area (Å²) in [4.78, 5) is 38.1. The molecule has 9 heteroatoms. The van der Waals surface area contributed by atoms with E-state index in [1.165, 1.54) is 18.2 Å². The summed E-state index contributed by atoms with van der Waals surface area (Å²) in [5.41, 5.74) is -0.312. The summed E-state index contributed by atoms with van der Waals surface area (Å²) in [5, 5.41) is 13.5. The average Bonchev–Trinajstić information content (AvgIpc) is 2.53. The number of carbonyl (C=O) groups is 2. The molecule has 1 saturated heterocycles. The van der Waals surface area contributed by atoms with Crippen LogP contribution in [0.15, 0.2) is 24.3 Å². The van der Waals surface area contributed by atoms with E-state index in [1.807, 2.05) is 6.92 Å². The minimum absolute atomic E-state index is 0.0920. The number of rotatable bonds is 2. The lowest BCUT2D eigenvalue weighted by Gasteiger charge is -2.40. The predicted octanol–water partition coefficient (Wildman–Crippen LogP) is 3.07. The van der Waals surface area contributed by atoms with Crippen LogP contribution >= 0.6 is 0 Å². The highest BCUT2D eigenvalue weighted by molar-refractivity contribution is 5.90. The lowest BCUT2D eigenvalue weighted by Crippen LogP contribution is -2.57. The molecular formula is C17H24N4O5. The zero-order chi connectivity index (χ0) is 19.5. The van der Waals surface area contributed by atoms with Gasteiger partial charge in [-0.2, -0.15) is 0 Å². The summed E-state index contributed by atoms with van der Waals surface area (Å²) < 4.78 is 5.36. The van der Waals surface area contributed by atoms with Crippen LogP contribution in [0.2, 0.25) is 0 Å². The average molecular weight is 364 g/mol. The zero-order valence-corrected chi connectivity index (χ0v) is 15.4. The van der Waals surface area contributed by atoms with Crippen LogP contribution in [0.25, 0.3) is 0 Å². The van der Waals surface area contributed by atoms with Crippen molar-refractivity contribution in [2.24, 2.45) is 0 Å². The van der Waals surface area contributed by atoms with Gasteiger partial charge in [-0.3, -0.25) is 10.1 Å². The molecule has 1 atom stereocenters. The van der Waals surface area contributed by atoms with Gasteiger partial charge in [0.1, 0.15) is 5.60 Å². The second-order valence-corrected chi connectivity index (χ2v) is 7.21. The molecule has 1 aliphatic rings. The smallest absolute Gasteiger partial charge is 0.410 e. The molecular weight excluding hydrogens is 340 g/mol. The molecule has 0 unspecified atom stereocenters. The Morgan fingerprint density at radius 3 is 2.58 bits per heavy atom. The fourth-order valence-electron chi connectivity index (χ4n) is 2.64. The molecule has 1 heterocycles. The van der Waals surface area contributed by atoms with Crippen LogP contribution in [-0.2, 0) is 4.74 Å². The van der Waals surface area contributed by atoms with Crippen LogP contribution in [0.4, 0.5) is 21.0 Å². The second-order valence-electron chi connectivity index (χ2n) is 7.21. The van der Waals surface area contributed by atoms with Gasteiger partial charge < -0.3 is 19.9 Å². The predicted molar refractivity (Wildman–Crippen MR) is 96.1 cm³/mol. The van der Waals surface area contributed by atoms with Gasteiger partial charge in [-0.1, -0.05) is 6.07 Å². The van der Waals surface area contributed by atoms with Gasteiger partial charge in [0.05, 0.1) is 4.92 Å². The third kappa shape index (κ3) is 5.08. The van der Waals surface area contributed by atoms with Crippen molar-refractivity contribution in [3.05, 3.63) is 34.4 Å². The van der Waals surface area contributed by atoms with Crippen LogP contribution < -0.4 is 5.32 Å². The number of nitrogens with one attached hydrogen (secondary N) is 1. The van der Waals surface area contributed by atoms with E-state index in [1.54, 1.807) is 36.6 Å². The first-order valence-corrected chi connectivity index (χ1v) is 8.37. The highest BCUT2D eigenvalue weighted by atomic mass is 16.6. The summed E-state index contributed by atoms with van der Waals surface area (Å²) in [7, 11) is 0. The van der Waals surface area contributed by atoms with Crippen molar-refractivity contribution in [3.8, 4) is 0 Å². The first kappa shape index (κ1) is 19.5. The Labute approximate surface area is 152 Å². The Morgan fingerprint density at radius 2 is 2.00 bits per heavy atom. The number of amides is 3. The molecule has 0 saturated carbocycles. The molecule has 2 rings (SSSR count). The van der Waals surface area contributed by atoms with Gasteiger partial charge in [0, 0.05) is 43.5 Å². The number of ether oxygens (including phenoxy) is 1. The van der Waals surface area contributed by atoms with Gasteiger partial charge in [0.2, 0.25) is 0 Å². The molecule has 26 heavy (non-hydrogen) atoms. The number of nitro benzene ring substituents is 1. The SMILES string of the molecule is C[C@H]1CN(C(=O)OC(C)(C)C)CCN1C(=O)Nc1cccc([N+](=O)[O-])c1. The monoisotopic (exact) mass is 364 g/mol. The molecule has 0 aliphatic carbocycles. The molecule has 1 aliphatic heterocycles. The molecule has 142 valence electrons. The number of carbonyl (C=O) groups excluding carboxylic acids is 2. The van der Waals surface area contributed by atoms with Gasteiger partial charge in [-0.25, -0.2) is 9.59 Å². The van der Waals surface area contributed by atoms with Crippen molar-refractivity contribution in [2.75, 3.05) is 25.0 Å². The zero-order valence-electron chi connectivity index (χ0n) is 15.4. The number of nitro groups is 1. The maximum absolute atomic E-state index is 12.5. The van der Waals surface area contributed by atoms with E-state index in [9.17, 15) is 19.7 Å². The van der Waals surface area contributed by atoms with Gasteiger partial charge in [-0.15, -0.1) is 0 Å². The molecule has 0 aromatic heterocycles. The Balaban J connectivity index is 1.96. The molecule has 0 spiro atoms. The number of piperazine rings is 1. The van der Waals surface area contributed by atoms with E-state index in [4.69, 9.17) is 4.74 Å². The maximum Gasteiger partial charge on any atom is 0.410 e. The minimum atomic E-state index is -0.573. The van der Waals surface area contributed by atoms with Gasteiger partial charge in [-0.05, 0) is 33.8 Å². The highest BCUT2D eigenvalue weighted by Gasteiger charge is 2.32. The first-order valence-electron chi connectivity index (χ1n) is 8.37. The number of anilines is 1. The van der Waals surface area contributed by atoms with Crippen molar-refractivity contribution >= 4 is 23.5 Å². The van der Waals surface area contributed by atoms with Crippen LogP contribution in [0, 0.1) is 10.1 Å². The molecule has 1 aromatic rings. The van der Waals surface area contributed by atoms with Crippen molar-refractivity contribution in [3.63, 3.8) is 0 Å². The number of nitrogens with zero attached hydrogens (tertiary/aromatic N) is 3. The van der Waals surface area contributed by atoms with Gasteiger partial charge in [0.15, 0.2) is 0 Å². The number of non-ortho nitro benzene ring substituents is 1. The minimum Gasteiger partial charge on any atom is -0.444 e. The van der Waals surface area contributed by atoms with E-state index in [-0.39, 0.29) is 17.8 Å². The summed E-state index contributed by atoms with van der Waals surface area (Å²) >= 11 is 0. The summed E-state index contributed by atoms with van der Waals surface area (Å²) in [5.74, 6) is 0. The van der Waals surface area contributed by atoms with Crippen molar-refractivity contribution in [1.29, 1.82) is 0 Å². The van der Waals surface area contributed by atoms with Crippen LogP contribution in [0.1, 0.15) is 27.7 Å². The third-order valence-corrected chi connectivity index (χ3v) is 3.85. The fourth-order valence-corrected chi connectivity index (χ4v) is 2.64. The molecule has 3 amide bonds. The van der Waals surface area contributed by atoms with E-state index in [0.717, 1.165) is 0 Å². The van der Waals surface area contributed by atoms with Crippen molar-refractivity contribution in [1.82, 2.24) is 9.80 Å². The van der Waals surface area contributed by atoms with Gasteiger partial charge >= 0.3 is 12.1 Å². The van der Waals surface area contributed by atoms with Gasteiger partial charge in [0.25, 0.3) is 5.69 Å². The van der Waals surface area contributed by atoms with E-state index in [2.05, 4.69) is 5.32 Å². The third-order valence-electron chi connectivity index (χ3n) is 3.85. The summed E-state index contributed by atoms with van der Waals surface area (Å²) in [6, 6.07) is 5.19. The van der Waals surface area contributed by atoms with E-state index >= 15 is 0 Å². The molecule has 1 N–H and O–H groups in total. The molecule has 1 aromatic carbocycles. The number of benzene rings is 1. The van der Waals surface area contributed by atoms with Crippen LogP contribution in [0.5, 0.6) is 0 Å². The first-order chi connectivity index (χ1) is 12.1. The summed E-state index contributed by atoms with van der Waals surface area (Å²) in [6.45, 7) is 8.31. The number of urea groups is 1. The van der Waals surface area contributed by atoms with Crippen molar-refractivity contribution < 1.29 is 19.2 Å². The Hall–Kier alpha value is -2.84. The Morgan fingerprint density at radius 1 is 1.31 bits per heavy atom. The largest absolute Gasteiger partial charge is 0.444 e. The van der Waals surface area contributed by atoms with E-state index in [0.29, 0.717) is 25.3 Å². The van der Waals surface area contributed by atoms with Crippen molar-refractivity contribution in [2.45, 2.75) is 39.3 Å². The molecule has 9 nitrogen and oxygen atoms in total. The normalized spacial score (nSPS) is 17.6. The highest BCUT2D eigenvalue weighted by Crippen LogP contribution is 2.19. The second kappa shape index (κ2) is 7.59. The van der Waals surface area contributed by atoms with E-state index < -0.39 is 16.6 Å². The Kier molecular flexibility index (Phi) is 5.69. The fraction of sp³-hybridized carbons (Fsp3) is 0.529. The van der Waals surface area contributed by atoms with Crippen LogP contribution in [-0.4, -0.2) is 58.1 Å². The summed E-state index contributed by atoms with van der Waals surface area (Å²) in [6.07, 6.45) is -0.400. The standard InChI is InChI=1S/C17H24N4O5/c1-12-11-19(16(23)26-17(2,3)4)8-9-20(12)15(22)18-13-6-5-7-14(10-13)21(24)25/h5-7,10,12H,8-9,11H2,1-4H3,(H,18,22)/t12-/m0/s1. The lowest BCUT2D eigenvalue weighted by atomic mass is 10.2. The molecule has 1 fully saturated rings. The lowest BCUT2D eigenvalue weighted by molar-refractivity contribution is -0.384. The number of hydrogen-bond donors (Lipinski definition) is 1. The number of hydrogen-bond acceptors (Lipinski definition) is 5. The Bertz CT molecular complexity index is 701. The maximum atomic E-state index is 12.5. The molecule has 0 bridgehead atoms. The quantitative estimate of drug-likeness (QED) is 0.641. The molecule has 0 radical (unpaired) electrons. The van der Waals surface area contributed by atoms with Crippen LogP contribution in [0.3, 0.4) is 0 Å².